The van der Waals surface area contributed by atoms with Gasteiger partial charge in [-0.15, -0.1) is 5.10 Å². The number of carbonyl (C=O) groups excluding carboxylic acids is 1. The first-order valence-electron chi connectivity index (χ1n) is 10.8. The van der Waals surface area contributed by atoms with E-state index in [1.807, 2.05) is 0 Å². The minimum atomic E-state index is -4.67. The normalized spacial score (nSPS) is 13.1. The number of aryl methyl sites for hydroxylation is 1. The van der Waals surface area contributed by atoms with Gasteiger partial charge < -0.3 is 9.47 Å². The topological polar surface area (TPSA) is 70.4 Å². The van der Waals surface area contributed by atoms with E-state index in [1.54, 1.807) is 24.3 Å². The van der Waals surface area contributed by atoms with Gasteiger partial charge in [0, 0.05) is 19.9 Å². The Morgan fingerprint density at radius 2 is 1.68 bits per heavy atom. The van der Waals surface area contributed by atoms with Crippen LogP contribution in [0.2, 0.25) is 0 Å². The van der Waals surface area contributed by atoms with Crippen molar-refractivity contribution >= 4 is 16.7 Å². The molecular weight excluding hydrogens is 470 g/mol. The molecule has 1 aromatic heterocycles. The molecule has 34 heavy (non-hydrogen) atoms. The maximum absolute atomic E-state index is 12.9. The van der Waals surface area contributed by atoms with Crippen LogP contribution in [0.25, 0.3) is 10.8 Å². The van der Waals surface area contributed by atoms with Crippen molar-refractivity contribution in [3.8, 4) is 5.88 Å². The number of esters is 1. The van der Waals surface area contributed by atoms with Crippen LogP contribution in [0.1, 0.15) is 51.9 Å². The van der Waals surface area contributed by atoms with Crippen molar-refractivity contribution in [2.45, 2.75) is 76.9 Å². The first-order chi connectivity index (χ1) is 15.9. The Balaban J connectivity index is 1.99. The second-order valence-corrected chi connectivity index (χ2v) is 7.79. The number of unbranched alkanes of at least 4 members (excludes halogenated alkanes) is 3. The highest BCUT2D eigenvalue weighted by molar-refractivity contribution is 5.85. The molecule has 0 aliphatic rings. The van der Waals surface area contributed by atoms with Crippen LogP contribution in [-0.4, -0.2) is 40.8 Å². The van der Waals surface area contributed by atoms with Gasteiger partial charge in [0.25, 0.3) is 5.56 Å². The third kappa shape index (κ3) is 8.86. The minimum Gasteiger partial charge on any atom is -0.476 e. The summed E-state index contributed by atoms with van der Waals surface area (Å²) in [6.07, 6.45) is -11.6. The zero-order chi connectivity index (χ0) is 25.4. The maximum Gasteiger partial charge on any atom is 0.425 e. The predicted octanol–water partition coefficient (Wildman–Crippen LogP) is 5.56. The minimum absolute atomic E-state index is 0.00539. The van der Waals surface area contributed by atoms with Crippen LogP contribution in [0.4, 0.5) is 26.3 Å². The van der Waals surface area contributed by atoms with Crippen LogP contribution in [0.5, 0.6) is 5.88 Å². The molecule has 0 unspecified atom stereocenters. The summed E-state index contributed by atoms with van der Waals surface area (Å²) in [5.74, 6) is -0.909. The number of nitrogens with zero attached hydrogens (tertiary/aromatic N) is 2. The highest BCUT2D eigenvalue weighted by atomic mass is 19.4. The number of fused-ring (bicyclic) bond motifs is 1. The summed E-state index contributed by atoms with van der Waals surface area (Å²) in [6.45, 7) is 1.02. The zero-order valence-electron chi connectivity index (χ0n) is 18.5. The van der Waals surface area contributed by atoms with Crippen molar-refractivity contribution in [1.82, 2.24) is 9.78 Å². The molecule has 0 radical (unpaired) electrons. The van der Waals surface area contributed by atoms with E-state index >= 15 is 0 Å². The average molecular weight is 496 g/mol. The number of carbonyl (C=O) groups is 1. The molecular formula is C22H26F6N2O4. The summed E-state index contributed by atoms with van der Waals surface area (Å²) in [6, 6.07) is 6.50. The Morgan fingerprint density at radius 1 is 1.00 bits per heavy atom. The summed E-state index contributed by atoms with van der Waals surface area (Å²) in [5.41, 5.74) is -0.409. The lowest BCUT2D eigenvalue weighted by atomic mass is 10.1. The lowest BCUT2D eigenvalue weighted by Crippen LogP contribution is -2.33. The molecule has 12 heteroatoms. The van der Waals surface area contributed by atoms with E-state index in [-0.39, 0.29) is 44.7 Å². The van der Waals surface area contributed by atoms with Crippen molar-refractivity contribution in [3.05, 3.63) is 34.6 Å². The van der Waals surface area contributed by atoms with Gasteiger partial charge in [0.05, 0.1) is 17.4 Å². The second-order valence-electron chi connectivity index (χ2n) is 7.79. The zero-order valence-corrected chi connectivity index (χ0v) is 18.5. The third-order valence-corrected chi connectivity index (χ3v) is 4.94. The summed E-state index contributed by atoms with van der Waals surface area (Å²) >= 11 is 0. The number of benzene rings is 1. The third-order valence-electron chi connectivity index (χ3n) is 4.94. The molecule has 0 saturated carbocycles. The van der Waals surface area contributed by atoms with Gasteiger partial charge in [-0.25, -0.2) is 4.68 Å². The molecule has 1 atom stereocenters. The highest BCUT2D eigenvalue weighted by Crippen LogP contribution is 2.27. The smallest absolute Gasteiger partial charge is 0.425 e. The number of ether oxygens (including phenoxy) is 2. The number of alkyl halides is 6. The van der Waals surface area contributed by atoms with Crippen molar-refractivity contribution in [2.24, 2.45) is 0 Å². The van der Waals surface area contributed by atoms with E-state index in [1.165, 1.54) is 0 Å². The van der Waals surface area contributed by atoms with Gasteiger partial charge in [0.1, 0.15) is 0 Å². The molecule has 2 aromatic rings. The van der Waals surface area contributed by atoms with Crippen LogP contribution in [-0.2, 0) is 16.1 Å². The first-order valence-corrected chi connectivity index (χ1v) is 10.8. The molecule has 1 heterocycles. The van der Waals surface area contributed by atoms with Gasteiger partial charge in [-0.3, -0.25) is 9.59 Å². The van der Waals surface area contributed by atoms with Crippen LogP contribution in [0.3, 0.4) is 0 Å². The van der Waals surface area contributed by atoms with E-state index < -0.39 is 42.8 Å². The monoisotopic (exact) mass is 496 g/mol. The Morgan fingerprint density at radius 3 is 2.29 bits per heavy atom. The largest absolute Gasteiger partial charge is 0.476 e. The van der Waals surface area contributed by atoms with Gasteiger partial charge in [-0.1, -0.05) is 18.6 Å². The first kappa shape index (κ1) is 27.5. The van der Waals surface area contributed by atoms with E-state index in [9.17, 15) is 35.9 Å². The standard InChI is InChI=1S/C22H26F6N2O4/c1-15(31)34-18(22(26,27)28)11-5-8-14-33-19-16-9-3-4-10-17(16)20(32)30(29-19)13-7-2-6-12-21(23,24)25/h3-4,9-10,18H,2,5-8,11-14H2,1H3/t18-/m0/s1. The van der Waals surface area contributed by atoms with Crippen molar-refractivity contribution in [3.63, 3.8) is 0 Å². The van der Waals surface area contributed by atoms with Gasteiger partial charge in [0.15, 0.2) is 6.10 Å². The van der Waals surface area contributed by atoms with Crippen molar-refractivity contribution in [2.75, 3.05) is 6.61 Å². The predicted molar refractivity (Wildman–Crippen MR) is 111 cm³/mol. The molecule has 1 aromatic carbocycles. The molecule has 0 spiro atoms. The van der Waals surface area contributed by atoms with Crippen molar-refractivity contribution in [1.29, 1.82) is 0 Å². The molecule has 190 valence electrons. The fourth-order valence-electron chi connectivity index (χ4n) is 3.32. The molecule has 0 saturated heterocycles. The van der Waals surface area contributed by atoms with E-state index in [2.05, 4.69) is 9.84 Å². The van der Waals surface area contributed by atoms with Gasteiger partial charge in [-0.05, 0) is 44.2 Å². The number of rotatable bonds is 12. The summed E-state index contributed by atoms with van der Waals surface area (Å²) in [5, 5.41) is 4.91. The van der Waals surface area contributed by atoms with Crippen LogP contribution in [0.15, 0.2) is 29.1 Å². The fraction of sp³-hybridized carbons (Fsp3) is 0.591. The van der Waals surface area contributed by atoms with Crippen LogP contribution >= 0.6 is 0 Å². The SMILES string of the molecule is CC(=O)O[C@@H](CCCCOc1nn(CCCCCC(F)(F)F)c(=O)c2ccccc12)C(F)(F)F. The molecule has 0 fully saturated rings. The Labute approximate surface area is 191 Å². The Kier molecular flexibility index (Phi) is 9.75. The van der Waals surface area contributed by atoms with Crippen LogP contribution < -0.4 is 10.3 Å². The van der Waals surface area contributed by atoms with E-state index in [4.69, 9.17) is 4.74 Å². The number of hydrogen-bond acceptors (Lipinski definition) is 5. The molecule has 0 bridgehead atoms. The lowest BCUT2D eigenvalue weighted by molar-refractivity contribution is -0.221. The van der Waals surface area contributed by atoms with Gasteiger partial charge in [-0.2, -0.15) is 26.3 Å². The summed E-state index contributed by atoms with van der Waals surface area (Å²) < 4.78 is 86.6. The van der Waals surface area contributed by atoms with Gasteiger partial charge in [0.2, 0.25) is 5.88 Å². The molecule has 0 N–H and O–H groups in total. The Hall–Kier alpha value is -2.79. The molecule has 0 aliphatic carbocycles. The lowest BCUT2D eigenvalue weighted by Gasteiger charge is -2.19. The molecule has 0 aliphatic heterocycles. The van der Waals surface area contributed by atoms with Gasteiger partial charge >= 0.3 is 18.3 Å². The summed E-state index contributed by atoms with van der Waals surface area (Å²) in [4.78, 5) is 23.5. The van der Waals surface area contributed by atoms with E-state index in [0.29, 0.717) is 17.2 Å². The second kappa shape index (κ2) is 12.1. The summed E-state index contributed by atoms with van der Waals surface area (Å²) in [7, 11) is 0. The van der Waals surface area contributed by atoms with Crippen molar-refractivity contribution < 1.29 is 40.6 Å². The highest BCUT2D eigenvalue weighted by Gasteiger charge is 2.41. The fourth-order valence-corrected chi connectivity index (χ4v) is 3.32. The average Bonchev–Trinajstić information content (AvgIpc) is 2.73. The number of aromatic nitrogens is 2. The number of halogens is 6. The maximum atomic E-state index is 12.9. The Bertz CT molecular complexity index is 1000. The number of hydrogen-bond donors (Lipinski definition) is 0. The molecule has 6 nitrogen and oxygen atoms in total. The molecule has 2 rings (SSSR count). The quantitative estimate of drug-likeness (QED) is 0.219. The van der Waals surface area contributed by atoms with E-state index in [0.717, 1.165) is 11.6 Å². The van der Waals surface area contributed by atoms with Crippen LogP contribution in [0, 0.1) is 0 Å². The molecule has 0 amide bonds.